The molecule has 0 amide bonds. The molecule has 1 aromatic rings. The number of sulfone groups is 1. The fourth-order valence-electron chi connectivity index (χ4n) is 1.56. The maximum atomic E-state index is 11.9. The van der Waals surface area contributed by atoms with E-state index in [9.17, 15) is 18.5 Å². The van der Waals surface area contributed by atoms with Crippen molar-refractivity contribution in [2.45, 2.75) is 12.7 Å². The molecular formula is C11H15BrN2O4S. The normalized spacial score (nSPS) is 13.2. The Kier molecular flexibility index (Phi) is 5.45. The lowest BCUT2D eigenvalue weighted by atomic mass is 10.2. The third kappa shape index (κ3) is 4.88. The van der Waals surface area contributed by atoms with Crippen molar-refractivity contribution >= 4 is 31.5 Å². The lowest BCUT2D eigenvalue weighted by Gasteiger charge is -2.10. The monoisotopic (exact) mass is 350 g/mol. The van der Waals surface area contributed by atoms with Crippen LogP contribution in [0.25, 0.3) is 0 Å². The minimum Gasteiger partial charge on any atom is -0.330 e. The second-order valence-electron chi connectivity index (χ2n) is 4.43. The molecule has 0 aromatic heterocycles. The van der Waals surface area contributed by atoms with Crippen LogP contribution in [0.1, 0.15) is 12.5 Å². The Hall–Kier alpha value is -0.990. The average Bonchev–Trinajstić information content (AvgIpc) is 2.30. The van der Waals surface area contributed by atoms with E-state index in [2.05, 4.69) is 15.9 Å². The van der Waals surface area contributed by atoms with E-state index in [-0.39, 0.29) is 23.1 Å². The summed E-state index contributed by atoms with van der Waals surface area (Å²) >= 11 is 3.16. The van der Waals surface area contributed by atoms with Gasteiger partial charge in [-0.2, -0.15) is 0 Å². The molecule has 19 heavy (non-hydrogen) atoms. The first-order valence-electron chi connectivity index (χ1n) is 5.58. The molecule has 0 aliphatic rings. The van der Waals surface area contributed by atoms with Crippen LogP contribution in [-0.2, 0) is 15.6 Å². The van der Waals surface area contributed by atoms with Crippen molar-refractivity contribution in [2.75, 3.05) is 12.3 Å². The molecule has 0 fully saturated rings. The van der Waals surface area contributed by atoms with Gasteiger partial charge in [-0.25, -0.2) is 8.42 Å². The number of hydrogen-bond donors (Lipinski definition) is 1. The van der Waals surface area contributed by atoms with E-state index in [0.29, 0.717) is 16.6 Å². The average molecular weight is 351 g/mol. The molecule has 1 aromatic carbocycles. The van der Waals surface area contributed by atoms with Crippen molar-refractivity contribution in [3.63, 3.8) is 0 Å². The van der Waals surface area contributed by atoms with E-state index in [1.165, 1.54) is 18.2 Å². The summed E-state index contributed by atoms with van der Waals surface area (Å²) in [4.78, 5) is 10.1. The number of nitrogens with two attached hydrogens (primary N) is 1. The summed E-state index contributed by atoms with van der Waals surface area (Å²) in [5.74, 6) is -0.259. The number of hydrogen-bond acceptors (Lipinski definition) is 5. The molecule has 0 bridgehead atoms. The molecule has 1 rings (SSSR count). The minimum atomic E-state index is -3.28. The Morgan fingerprint density at radius 1 is 1.47 bits per heavy atom. The summed E-state index contributed by atoms with van der Waals surface area (Å²) < 4.78 is 24.3. The predicted octanol–water partition coefficient (Wildman–Crippen LogP) is 1.87. The summed E-state index contributed by atoms with van der Waals surface area (Å²) in [6.07, 6.45) is 0. The molecule has 0 aliphatic heterocycles. The topological polar surface area (TPSA) is 103 Å². The predicted molar refractivity (Wildman–Crippen MR) is 76.5 cm³/mol. The highest BCUT2D eigenvalue weighted by Crippen LogP contribution is 2.25. The molecule has 0 saturated carbocycles. The van der Waals surface area contributed by atoms with Gasteiger partial charge < -0.3 is 5.73 Å². The van der Waals surface area contributed by atoms with Crippen LogP contribution in [-0.4, -0.2) is 25.6 Å². The largest absolute Gasteiger partial charge is 0.330 e. The first-order chi connectivity index (χ1) is 8.75. The molecule has 6 nitrogen and oxygen atoms in total. The Bertz CT molecular complexity index is 574. The van der Waals surface area contributed by atoms with E-state index in [1.807, 2.05) is 0 Å². The molecule has 1 unspecified atom stereocenters. The first-order valence-corrected chi connectivity index (χ1v) is 8.20. The van der Waals surface area contributed by atoms with Crippen molar-refractivity contribution < 1.29 is 13.3 Å². The lowest BCUT2D eigenvalue weighted by molar-refractivity contribution is -0.384. The number of halogens is 1. The molecule has 0 saturated heterocycles. The first kappa shape index (κ1) is 16.1. The smallest absolute Gasteiger partial charge is 0.270 e. The molecule has 0 spiro atoms. The highest BCUT2D eigenvalue weighted by Gasteiger charge is 2.18. The molecule has 2 N–H and O–H groups in total. The Labute approximate surface area is 120 Å². The van der Waals surface area contributed by atoms with Crippen molar-refractivity contribution in [3.8, 4) is 0 Å². The van der Waals surface area contributed by atoms with Gasteiger partial charge in [0, 0.05) is 16.6 Å². The zero-order valence-corrected chi connectivity index (χ0v) is 12.8. The van der Waals surface area contributed by atoms with E-state index in [4.69, 9.17) is 5.73 Å². The van der Waals surface area contributed by atoms with Gasteiger partial charge in [0.2, 0.25) is 0 Å². The number of non-ortho nitro benzene ring substituents is 1. The van der Waals surface area contributed by atoms with Gasteiger partial charge in [0.15, 0.2) is 9.84 Å². The van der Waals surface area contributed by atoms with Crippen LogP contribution in [0.15, 0.2) is 22.7 Å². The zero-order valence-electron chi connectivity index (χ0n) is 10.4. The van der Waals surface area contributed by atoms with Crippen molar-refractivity contribution in [2.24, 2.45) is 11.7 Å². The van der Waals surface area contributed by atoms with Gasteiger partial charge in [0.25, 0.3) is 5.69 Å². The quantitative estimate of drug-likeness (QED) is 0.622. The van der Waals surface area contributed by atoms with Crippen LogP contribution < -0.4 is 5.73 Å². The van der Waals surface area contributed by atoms with Gasteiger partial charge in [-0.3, -0.25) is 10.1 Å². The maximum Gasteiger partial charge on any atom is 0.270 e. The van der Waals surface area contributed by atoms with E-state index >= 15 is 0 Å². The van der Waals surface area contributed by atoms with Gasteiger partial charge in [-0.05, 0) is 18.0 Å². The Morgan fingerprint density at radius 2 is 2.11 bits per heavy atom. The fourth-order valence-corrected chi connectivity index (χ4v) is 4.10. The summed E-state index contributed by atoms with van der Waals surface area (Å²) in [7, 11) is -3.28. The second-order valence-corrected chi connectivity index (χ2v) is 7.39. The van der Waals surface area contributed by atoms with Crippen LogP contribution in [0.5, 0.6) is 0 Å². The van der Waals surface area contributed by atoms with E-state index in [0.717, 1.165) is 0 Å². The number of rotatable bonds is 6. The lowest BCUT2D eigenvalue weighted by Crippen LogP contribution is -2.22. The summed E-state index contributed by atoms with van der Waals surface area (Å²) in [5.41, 5.74) is 5.84. The molecule has 8 heteroatoms. The standard InChI is InChI=1S/C11H15BrN2O4S/c1-8(5-13)6-19(17,18)7-9-2-3-10(14(15)16)4-11(9)12/h2-4,8H,5-7,13H2,1H3. The number of nitro benzene ring substituents is 1. The molecule has 106 valence electrons. The zero-order chi connectivity index (χ0) is 14.6. The summed E-state index contributed by atoms with van der Waals surface area (Å²) in [6, 6.07) is 4.05. The summed E-state index contributed by atoms with van der Waals surface area (Å²) in [5, 5.41) is 10.6. The van der Waals surface area contributed by atoms with Crippen molar-refractivity contribution in [1.29, 1.82) is 0 Å². The van der Waals surface area contributed by atoms with E-state index < -0.39 is 14.8 Å². The number of nitro groups is 1. The second kappa shape index (κ2) is 6.44. The highest BCUT2D eigenvalue weighted by atomic mass is 79.9. The van der Waals surface area contributed by atoms with E-state index in [1.54, 1.807) is 6.92 Å². The highest BCUT2D eigenvalue weighted by molar-refractivity contribution is 9.10. The minimum absolute atomic E-state index is 0.00687. The van der Waals surface area contributed by atoms with Gasteiger partial charge in [-0.15, -0.1) is 0 Å². The number of benzene rings is 1. The number of nitrogens with zero attached hydrogens (tertiary/aromatic N) is 1. The molecule has 1 atom stereocenters. The molecule has 0 heterocycles. The fraction of sp³-hybridized carbons (Fsp3) is 0.455. The van der Waals surface area contributed by atoms with Crippen LogP contribution in [0.2, 0.25) is 0 Å². The maximum absolute atomic E-state index is 11.9. The van der Waals surface area contributed by atoms with Crippen molar-refractivity contribution in [3.05, 3.63) is 38.3 Å². The molecular weight excluding hydrogens is 336 g/mol. The Balaban J connectivity index is 2.91. The summed E-state index contributed by atoms with van der Waals surface area (Å²) in [6.45, 7) is 2.07. The van der Waals surface area contributed by atoms with Gasteiger partial charge >= 0.3 is 0 Å². The van der Waals surface area contributed by atoms with Crippen LogP contribution in [0.3, 0.4) is 0 Å². The third-order valence-electron chi connectivity index (χ3n) is 2.56. The van der Waals surface area contributed by atoms with Gasteiger partial charge in [-0.1, -0.05) is 28.9 Å². The van der Waals surface area contributed by atoms with Crippen LogP contribution >= 0.6 is 15.9 Å². The third-order valence-corrected chi connectivity index (χ3v) is 5.13. The van der Waals surface area contributed by atoms with Crippen LogP contribution in [0, 0.1) is 16.0 Å². The molecule has 0 aliphatic carbocycles. The van der Waals surface area contributed by atoms with Crippen molar-refractivity contribution in [1.82, 2.24) is 0 Å². The SMILES string of the molecule is CC(CN)CS(=O)(=O)Cc1ccc([N+](=O)[O-])cc1Br. The molecule has 0 radical (unpaired) electrons. The Morgan fingerprint density at radius 3 is 2.58 bits per heavy atom. The van der Waals surface area contributed by atoms with Gasteiger partial charge in [0.05, 0.1) is 16.4 Å². The van der Waals surface area contributed by atoms with Crippen LogP contribution in [0.4, 0.5) is 5.69 Å². The van der Waals surface area contributed by atoms with Gasteiger partial charge in [0.1, 0.15) is 0 Å².